The number of rotatable bonds is 5. The fourth-order valence-corrected chi connectivity index (χ4v) is 3.13. The zero-order chi connectivity index (χ0) is 18.3. The molecule has 0 bridgehead atoms. The summed E-state index contributed by atoms with van der Waals surface area (Å²) in [6, 6.07) is 4.55. The molecule has 0 radical (unpaired) electrons. The van der Waals surface area contributed by atoms with E-state index < -0.39 is 0 Å². The zero-order valence-electron chi connectivity index (χ0n) is 15.7. The van der Waals surface area contributed by atoms with Gasteiger partial charge in [-0.3, -0.25) is 9.58 Å². The second kappa shape index (κ2) is 6.31. The minimum atomic E-state index is -0.0932. The summed E-state index contributed by atoms with van der Waals surface area (Å²) < 4.78 is 3.74. The van der Waals surface area contributed by atoms with Gasteiger partial charge in [0.1, 0.15) is 5.82 Å². The molecule has 1 fully saturated rings. The molecule has 4 rings (SSSR count). The van der Waals surface area contributed by atoms with Gasteiger partial charge < -0.3 is 4.90 Å². The molecule has 26 heavy (non-hydrogen) atoms. The Balaban J connectivity index is 1.40. The first kappa shape index (κ1) is 16.9. The molecule has 0 aromatic carbocycles. The molecule has 0 atom stereocenters. The third-order valence-corrected chi connectivity index (χ3v) is 4.88. The first-order valence-electron chi connectivity index (χ1n) is 8.94. The number of hydrogen-bond donors (Lipinski definition) is 0. The lowest BCUT2D eigenvalue weighted by Gasteiger charge is -2.44. The lowest BCUT2D eigenvalue weighted by atomic mass is 9.96. The Kier molecular flexibility index (Phi) is 4.10. The summed E-state index contributed by atoms with van der Waals surface area (Å²) in [4.78, 5) is 4.67. The fraction of sp³-hybridized carbons (Fsp3) is 0.588. The minimum Gasteiger partial charge on any atom is -0.352 e. The summed E-state index contributed by atoms with van der Waals surface area (Å²) in [5.41, 5.74) is 0.699. The fourth-order valence-electron chi connectivity index (χ4n) is 3.13. The van der Waals surface area contributed by atoms with Crippen LogP contribution < -0.4 is 4.90 Å². The average molecular weight is 355 g/mol. The van der Waals surface area contributed by atoms with Crippen molar-refractivity contribution in [1.82, 2.24) is 39.7 Å². The van der Waals surface area contributed by atoms with Crippen LogP contribution in [0.15, 0.2) is 24.5 Å². The molecule has 1 aliphatic rings. The third kappa shape index (κ3) is 3.14. The first-order chi connectivity index (χ1) is 12.4. The van der Waals surface area contributed by atoms with E-state index in [4.69, 9.17) is 5.10 Å². The molecule has 0 amide bonds. The van der Waals surface area contributed by atoms with E-state index in [-0.39, 0.29) is 5.41 Å². The first-order valence-corrected chi connectivity index (χ1v) is 8.94. The summed E-state index contributed by atoms with van der Waals surface area (Å²) in [6.45, 7) is 10.1. The van der Waals surface area contributed by atoms with Crippen LogP contribution >= 0.6 is 0 Å². The molecule has 3 aromatic rings. The summed E-state index contributed by atoms with van der Waals surface area (Å²) in [5.74, 6) is 1.86. The van der Waals surface area contributed by atoms with Crippen LogP contribution in [0, 0.1) is 0 Å². The van der Waals surface area contributed by atoms with Gasteiger partial charge in [-0.2, -0.15) is 4.52 Å². The van der Waals surface area contributed by atoms with E-state index in [0.29, 0.717) is 6.04 Å². The Hall–Kier alpha value is -2.55. The Morgan fingerprint density at radius 3 is 2.69 bits per heavy atom. The summed E-state index contributed by atoms with van der Waals surface area (Å²) in [6.07, 6.45) is 3.61. The maximum atomic E-state index is 4.78. The molecule has 0 saturated carbocycles. The number of hydrogen-bond acceptors (Lipinski definition) is 7. The largest absolute Gasteiger partial charge is 0.352 e. The van der Waals surface area contributed by atoms with Crippen LogP contribution in [0.5, 0.6) is 0 Å². The van der Waals surface area contributed by atoms with Gasteiger partial charge in [0.2, 0.25) is 0 Å². The number of likely N-dealkylation sites (N-methyl/N-ethyl adjacent to an activating group) is 1. The van der Waals surface area contributed by atoms with Crippen molar-refractivity contribution in [3.8, 4) is 0 Å². The van der Waals surface area contributed by atoms with Crippen LogP contribution in [-0.2, 0) is 12.0 Å². The molecule has 138 valence electrons. The van der Waals surface area contributed by atoms with E-state index in [0.717, 1.165) is 43.5 Å². The number of anilines is 1. The molecular weight excluding hydrogens is 330 g/mol. The Labute approximate surface area is 152 Å². The third-order valence-electron chi connectivity index (χ3n) is 4.88. The number of aromatic nitrogens is 7. The molecule has 3 aromatic heterocycles. The standard InChI is InChI=1S/C17H25N9/c1-17(2,3)16-20-19-14-5-6-15(21-26(14)16)24-11-13(12-24)23(4)9-10-25-8-7-18-22-25/h5-8,13H,9-12H2,1-4H3. The van der Waals surface area contributed by atoms with Crippen LogP contribution in [0.1, 0.15) is 26.6 Å². The highest BCUT2D eigenvalue weighted by Gasteiger charge is 2.31. The predicted octanol–water partition coefficient (Wildman–Crippen LogP) is 0.834. The molecular formula is C17H25N9. The van der Waals surface area contributed by atoms with Crippen molar-refractivity contribution in [2.24, 2.45) is 0 Å². The number of fused-ring (bicyclic) bond motifs is 1. The van der Waals surface area contributed by atoms with Crippen LogP contribution in [0.3, 0.4) is 0 Å². The SMILES string of the molecule is CN(CCn1ccnn1)C1CN(c2ccc3nnc(C(C)(C)C)n3n2)C1. The Bertz CT molecular complexity index is 871. The van der Waals surface area contributed by atoms with E-state index in [1.807, 2.05) is 27.5 Å². The Morgan fingerprint density at radius 2 is 2.00 bits per heavy atom. The van der Waals surface area contributed by atoms with Crippen LogP contribution in [-0.4, -0.2) is 72.4 Å². The van der Waals surface area contributed by atoms with Crippen molar-refractivity contribution < 1.29 is 0 Å². The highest BCUT2D eigenvalue weighted by atomic mass is 15.4. The van der Waals surface area contributed by atoms with E-state index in [1.165, 1.54) is 0 Å². The minimum absolute atomic E-state index is 0.0932. The molecule has 0 unspecified atom stereocenters. The van der Waals surface area contributed by atoms with Gasteiger partial charge in [-0.25, -0.2) is 0 Å². The van der Waals surface area contributed by atoms with Crippen LogP contribution in [0.25, 0.3) is 5.65 Å². The lowest BCUT2D eigenvalue weighted by Crippen LogP contribution is -2.59. The topological polar surface area (TPSA) is 80.3 Å². The monoisotopic (exact) mass is 355 g/mol. The van der Waals surface area contributed by atoms with Crippen molar-refractivity contribution in [2.45, 2.75) is 38.8 Å². The molecule has 0 spiro atoms. The molecule has 1 aliphatic heterocycles. The van der Waals surface area contributed by atoms with Gasteiger partial charge in [-0.1, -0.05) is 26.0 Å². The summed E-state index contributed by atoms with van der Waals surface area (Å²) in [7, 11) is 2.16. The van der Waals surface area contributed by atoms with Gasteiger partial charge in [0, 0.05) is 37.3 Å². The van der Waals surface area contributed by atoms with Gasteiger partial charge in [-0.15, -0.1) is 20.4 Å². The second-order valence-electron chi connectivity index (χ2n) is 7.94. The van der Waals surface area contributed by atoms with Crippen molar-refractivity contribution in [3.63, 3.8) is 0 Å². The molecule has 9 heteroatoms. The normalized spacial score (nSPS) is 15.8. The molecule has 4 heterocycles. The quantitative estimate of drug-likeness (QED) is 0.671. The average Bonchev–Trinajstić information content (AvgIpc) is 3.20. The van der Waals surface area contributed by atoms with Crippen LogP contribution in [0.2, 0.25) is 0 Å². The van der Waals surface area contributed by atoms with Crippen LogP contribution in [0.4, 0.5) is 5.82 Å². The van der Waals surface area contributed by atoms with Gasteiger partial charge in [0.05, 0.1) is 12.7 Å². The summed E-state index contributed by atoms with van der Waals surface area (Å²) in [5, 5.41) is 21.2. The molecule has 0 aliphatic carbocycles. The predicted molar refractivity (Wildman–Crippen MR) is 98.1 cm³/mol. The van der Waals surface area contributed by atoms with Gasteiger partial charge in [0.15, 0.2) is 11.5 Å². The van der Waals surface area contributed by atoms with Crippen molar-refractivity contribution in [1.29, 1.82) is 0 Å². The number of nitrogens with zero attached hydrogens (tertiary/aromatic N) is 9. The second-order valence-corrected chi connectivity index (χ2v) is 7.94. The smallest absolute Gasteiger partial charge is 0.178 e. The van der Waals surface area contributed by atoms with Crippen molar-refractivity contribution in [2.75, 3.05) is 31.6 Å². The maximum absolute atomic E-state index is 4.78. The summed E-state index contributed by atoms with van der Waals surface area (Å²) >= 11 is 0. The Morgan fingerprint density at radius 1 is 1.19 bits per heavy atom. The van der Waals surface area contributed by atoms with Gasteiger partial charge in [0.25, 0.3) is 0 Å². The van der Waals surface area contributed by atoms with E-state index in [9.17, 15) is 0 Å². The van der Waals surface area contributed by atoms with Crippen molar-refractivity contribution >= 4 is 11.5 Å². The zero-order valence-corrected chi connectivity index (χ0v) is 15.7. The maximum Gasteiger partial charge on any atom is 0.178 e. The van der Waals surface area contributed by atoms with E-state index in [1.54, 1.807) is 6.20 Å². The van der Waals surface area contributed by atoms with Gasteiger partial charge >= 0.3 is 0 Å². The molecule has 1 saturated heterocycles. The lowest BCUT2D eigenvalue weighted by molar-refractivity contribution is 0.194. The molecule has 9 nitrogen and oxygen atoms in total. The van der Waals surface area contributed by atoms with E-state index >= 15 is 0 Å². The highest BCUT2D eigenvalue weighted by Crippen LogP contribution is 2.24. The highest BCUT2D eigenvalue weighted by molar-refractivity contribution is 5.48. The van der Waals surface area contributed by atoms with E-state index in [2.05, 4.69) is 58.1 Å². The van der Waals surface area contributed by atoms with Gasteiger partial charge in [-0.05, 0) is 19.2 Å². The van der Waals surface area contributed by atoms with Crippen molar-refractivity contribution in [3.05, 3.63) is 30.4 Å². The molecule has 0 N–H and O–H groups in total.